The molecule has 2 heterocycles. The van der Waals surface area contributed by atoms with E-state index in [1.807, 2.05) is 13.8 Å². The maximum atomic E-state index is 12.1. The first-order valence-corrected chi connectivity index (χ1v) is 9.55. The third-order valence-electron chi connectivity index (χ3n) is 3.92. The molecule has 0 aromatic carbocycles. The Balaban J connectivity index is 1.55. The second kappa shape index (κ2) is 7.39. The van der Waals surface area contributed by atoms with Crippen molar-refractivity contribution in [3.05, 3.63) is 17.2 Å². The molecule has 2 aromatic rings. The summed E-state index contributed by atoms with van der Waals surface area (Å²) in [6.07, 6.45) is 6.62. The molecule has 0 saturated heterocycles. The molecule has 1 amide bonds. The summed E-state index contributed by atoms with van der Waals surface area (Å²) in [5, 5.41) is 20.1. The van der Waals surface area contributed by atoms with E-state index in [0.717, 1.165) is 28.0 Å². The molecule has 1 aliphatic rings. The van der Waals surface area contributed by atoms with Gasteiger partial charge in [0.05, 0.1) is 11.8 Å². The average Bonchev–Trinajstić information content (AvgIpc) is 3.25. The zero-order valence-electron chi connectivity index (χ0n) is 13.2. The number of rotatable bonds is 6. The molecule has 1 atom stereocenters. The molecule has 1 N–H and O–H groups in total. The van der Waals surface area contributed by atoms with Gasteiger partial charge in [-0.15, -0.1) is 20.4 Å². The number of hydrogen-bond donors (Lipinski definition) is 1. The van der Waals surface area contributed by atoms with E-state index in [0.29, 0.717) is 11.8 Å². The first kappa shape index (κ1) is 16.4. The predicted octanol–water partition coefficient (Wildman–Crippen LogP) is 2.52. The molecule has 1 fully saturated rings. The van der Waals surface area contributed by atoms with Crippen LogP contribution in [0.15, 0.2) is 10.7 Å². The van der Waals surface area contributed by atoms with Crippen LogP contribution < -0.4 is 5.32 Å². The number of amides is 1. The summed E-state index contributed by atoms with van der Waals surface area (Å²) in [5.41, 5.74) is 0. The third-order valence-corrected chi connectivity index (χ3v) is 5.89. The van der Waals surface area contributed by atoms with Gasteiger partial charge in [0.2, 0.25) is 5.91 Å². The molecule has 9 heteroatoms. The van der Waals surface area contributed by atoms with Gasteiger partial charge in [0.15, 0.2) is 10.2 Å². The maximum absolute atomic E-state index is 12.1. The van der Waals surface area contributed by atoms with Crippen LogP contribution in [-0.4, -0.2) is 36.6 Å². The predicted molar refractivity (Wildman–Crippen MR) is 89.5 cm³/mol. The molecule has 3 rings (SSSR count). The Morgan fingerprint density at radius 1 is 1.43 bits per heavy atom. The Bertz CT molecular complexity index is 664. The number of hydrogen-bond acceptors (Lipinski definition) is 7. The minimum Gasteiger partial charge on any atom is -0.346 e. The number of carbonyl (C=O) groups excluding carboxylic acids is 1. The van der Waals surface area contributed by atoms with Crippen LogP contribution in [-0.2, 0) is 4.79 Å². The quantitative estimate of drug-likeness (QED) is 0.804. The fraction of sp³-hybridized carbons (Fsp3) is 0.643. The van der Waals surface area contributed by atoms with E-state index in [4.69, 9.17) is 0 Å². The summed E-state index contributed by atoms with van der Waals surface area (Å²) >= 11 is 2.91. The van der Waals surface area contributed by atoms with Crippen molar-refractivity contribution in [2.75, 3.05) is 5.75 Å². The zero-order chi connectivity index (χ0) is 16.2. The summed E-state index contributed by atoms with van der Waals surface area (Å²) < 4.78 is 2.94. The number of nitrogens with one attached hydrogen (secondary N) is 1. The van der Waals surface area contributed by atoms with E-state index in [1.54, 1.807) is 6.33 Å². The Morgan fingerprint density at radius 3 is 2.91 bits per heavy atom. The molecular weight excluding hydrogens is 332 g/mol. The van der Waals surface area contributed by atoms with Crippen molar-refractivity contribution in [3.63, 3.8) is 0 Å². The van der Waals surface area contributed by atoms with Crippen LogP contribution in [0.5, 0.6) is 0 Å². The van der Waals surface area contributed by atoms with Crippen LogP contribution in [0.3, 0.4) is 0 Å². The highest BCUT2D eigenvalue weighted by Crippen LogP contribution is 2.31. The highest BCUT2D eigenvalue weighted by atomic mass is 32.2. The molecule has 0 unspecified atom stereocenters. The monoisotopic (exact) mass is 352 g/mol. The first-order valence-electron chi connectivity index (χ1n) is 7.75. The van der Waals surface area contributed by atoms with Gasteiger partial charge in [-0.1, -0.05) is 35.9 Å². The van der Waals surface area contributed by atoms with E-state index in [9.17, 15) is 4.79 Å². The highest BCUT2D eigenvalue weighted by Gasteiger charge is 2.23. The fourth-order valence-electron chi connectivity index (χ4n) is 2.84. The van der Waals surface area contributed by atoms with Crippen molar-refractivity contribution in [1.82, 2.24) is 30.3 Å². The van der Waals surface area contributed by atoms with E-state index < -0.39 is 0 Å². The maximum Gasteiger partial charge on any atom is 0.231 e. The molecule has 1 saturated carbocycles. The van der Waals surface area contributed by atoms with Crippen molar-refractivity contribution < 1.29 is 4.79 Å². The lowest BCUT2D eigenvalue weighted by molar-refractivity contribution is -0.119. The number of nitrogens with zero attached hydrogens (tertiary/aromatic N) is 5. The summed E-state index contributed by atoms with van der Waals surface area (Å²) in [4.78, 5) is 12.1. The van der Waals surface area contributed by atoms with Gasteiger partial charge in [0.25, 0.3) is 0 Å². The first-order chi connectivity index (χ1) is 11.1. The van der Waals surface area contributed by atoms with Crippen LogP contribution in [0.1, 0.15) is 55.5 Å². The van der Waals surface area contributed by atoms with Gasteiger partial charge in [-0.2, -0.15) is 0 Å². The largest absolute Gasteiger partial charge is 0.346 e. The standard InChI is InChI=1S/C14H20N6OS2/c1-9(13-18-15-8-20(13)11-5-3-4-6-11)16-12(21)7-22-14-19-17-10(2)23-14/h8-9,11H,3-7H2,1-2H3,(H,16,21)/t9-/m0/s1. The van der Waals surface area contributed by atoms with Crippen LogP contribution >= 0.6 is 23.1 Å². The smallest absolute Gasteiger partial charge is 0.231 e. The lowest BCUT2D eigenvalue weighted by Crippen LogP contribution is -2.30. The van der Waals surface area contributed by atoms with Gasteiger partial charge < -0.3 is 9.88 Å². The van der Waals surface area contributed by atoms with Crippen molar-refractivity contribution >= 4 is 29.0 Å². The van der Waals surface area contributed by atoms with Crippen LogP contribution in [0.2, 0.25) is 0 Å². The fourth-order valence-corrected chi connectivity index (χ4v) is 4.46. The van der Waals surface area contributed by atoms with Crippen molar-refractivity contribution in [2.45, 2.75) is 56.0 Å². The molecule has 124 valence electrons. The average molecular weight is 352 g/mol. The molecule has 0 bridgehead atoms. The number of aryl methyl sites for hydroxylation is 1. The minimum absolute atomic E-state index is 0.0312. The van der Waals surface area contributed by atoms with Crippen LogP contribution in [0, 0.1) is 6.92 Å². The van der Waals surface area contributed by atoms with Gasteiger partial charge in [-0.25, -0.2) is 0 Å². The van der Waals surface area contributed by atoms with Crippen LogP contribution in [0.4, 0.5) is 0 Å². The molecule has 0 spiro atoms. The lowest BCUT2D eigenvalue weighted by Gasteiger charge is -2.18. The summed E-state index contributed by atoms with van der Waals surface area (Å²) in [7, 11) is 0. The number of carbonyl (C=O) groups is 1. The van der Waals surface area contributed by atoms with E-state index in [1.165, 1.54) is 35.9 Å². The molecule has 7 nitrogen and oxygen atoms in total. The molecule has 0 aliphatic heterocycles. The Labute approximate surface area is 143 Å². The van der Waals surface area contributed by atoms with Gasteiger partial charge in [0.1, 0.15) is 11.3 Å². The van der Waals surface area contributed by atoms with Crippen molar-refractivity contribution in [1.29, 1.82) is 0 Å². The summed E-state index contributed by atoms with van der Waals surface area (Å²) in [6, 6.07) is 0.320. The van der Waals surface area contributed by atoms with Crippen molar-refractivity contribution in [3.8, 4) is 0 Å². The lowest BCUT2D eigenvalue weighted by atomic mass is 10.2. The molecule has 2 aromatic heterocycles. The Kier molecular flexibility index (Phi) is 5.27. The zero-order valence-corrected chi connectivity index (χ0v) is 14.9. The van der Waals surface area contributed by atoms with Crippen LogP contribution in [0.25, 0.3) is 0 Å². The number of aromatic nitrogens is 5. The van der Waals surface area contributed by atoms with E-state index in [2.05, 4.69) is 30.3 Å². The third kappa shape index (κ3) is 4.08. The molecular formula is C14H20N6OS2. The second-order valence-electron chi connectivity index (χ2n) is 5.70. The molecule has 23 heavy (non-hydrogen) atoms. The molecule has 1 aliphatic carbocycles. The Morgan fingerprint density at radius 2 is 2.22 bits per heavy atom. The topological polar surface area (TPSA) is 85.6 Å². The Hall–Kier alpha value is -1.48. The summed E-state index contributed by atoms with van der Waals surface area (Å²) in [5.74, 6) is 1.13. The van der Waals surface area contributed by atoms with E-state index >= 15 is 0 Å². The molecule has 0 radical (unpaired) electrons. The summed E-state index contributed by atoms with van der Waals surface area (Å²) in [6.45, 7) is 3.85. The number of thioether (sulfide) groups is 1. The van der Waals surface area contributed by atoms with E-state index in [-0.39, 0.29) is 11.9 Å². The van der Waals surface area contributed by atoms with Gasteiger partial charge in [0, 0.05) is 6.04 Å². The normalized spacial score (nSPS) is 16.6. The van der Waals surface area contributed by atoms with Gasteiger partial charge >= 0.3 is 0 Å². The highest BCUT2D eigenvalue weighted by molar-refractivity contribution is 8.01. The SMILES string of the molecule is Cc1nnc(SCC(=O)N[C@@H](C)c2nncn2C2CCCC2)s1. The van der Waals surface area contributed by atoms with Crippen molar-refractivity contribution in [2.24, 2.45) is 0 Å². The minimum atomic E-state index is -0.151. The second-order valence-corrected chi connectivity index (χ2v) is 8.10. The van der Waals surface area contributed by atoms with Gasteiger partial charge in [-0.3, -0.25) is 4.79 Å². The van der Waals surface area contributed by atoms with Gasteiger partial charge in [-0.05, 0) is 26.7 Å².